The molecule has 56 valence electrons. The third-order valence-corrected chi connectivity index (χ3v) is 1.81. The smallest absolute Gasteiger partial charge is 0.126 e. The zero-order valence-electron chi connectivity index (χ0n) is 6.08. The third-order valence-electron chi connectivity index (χ3n) is 1.81. The topological polar surface area (TPSA) is 29.5 Å². The molecule has 0 saturated carbocycles. The van der Waals surface area contributed by atoms with E-state index in [0.717, 1.165) is 0 Å². The Kier molecular flexibility index (Phi) is 1.92. The number of hydrogen-bond acceptors (Lipinski definition) is 2. The van der Waals surface area contributed by atoms with E-state index in [9.17, 15) is 5.11 Å². The van der Waals surface area contributed by atoms with E-state index in [0.29, 0.717) is 6.61 Å². The van der Waals surface area contributed by atoms with Gasteiger partial charge in [0, 0.05) is 0 Å². The van der Waals surface area contributed by atoms with Crippen LogP contribution in [-0.4, -0.2) is 23.4 Å². The maximum absolute atomic E-state index is 9.62. The van der Waals surface area contributed by atoms with E-state index in [1.54, 1.807) is 12.2 Å². The van der Waals surface area contributed by atoms with E-state index in [1.807, 2.05) is 6.92 Å². The lowest BCUT2D eigenvalue weighted by atomic mass is 9.96. The van der Waals surface area contributed by atoms with E-state index >= 15 is 0 Å². The van der Waals surface area contributed by atoms with Gasteiger partial charge in [-0.2, -0.15) is 0 Å². The molecular formula is C8H12O2. The van der Waals surface area contributed by atoms with Crippen LogP contribution in [0.15, 0.2) is 24.8 Å². The van der Waals surface area contributed by atoms with E-state index in [1.165, 1.54) is 6.08 Å². The Morgan fingerprint density at radius 2 is 2.60 bits per heavy atom. The highest BCUT2D eigenvalue weighted by Crippen LogP contribution is 2.20. The largest absolute Gasteiger partial charge is 0.379 e. The molecular weight excluding hydrogens is 128 g/mol. The van der Waals surface area contributed by atoms with Crippen molar-refractivity contribution in [2.75, 3.05) is 6.61 Å². The first-order valence-electron chi connectivity index (χ1n) is 3.34. The number of rotatable bonds is 1. The van der Waals surface area contributed by atoms with Gasteiger partial charge < -0.3 is 9.84 Å². The Morgan fingerprint density at radius 3 is 3.00 bits per heavy atom. The summed E-state index contributed by atoms with van der Waals surface area (Å²) in [6.45, 7) is 5.93. The summed E-state index contributed by atoms with van der Waals surface area (Å²) in [6.07, 6.45) is 4.82. The van der Waals surface area contributed by atoms with Crippen LogP contribution in [0, 0.1) is 0 Å². The average molecular weight is 140 g/mol. The summed E-state index contributed by atoms with van der Waals surface area (Å²) in [4.78, 5) is 0. The van der Waals surface area contributed by atoms with Crippen molar-refractivity contribution < 1.29 is 9.84 Å². The molecule has 0 fully saturated rings. The molecule has 1 heterocycles. The van der Waals surface area contributed by atoms with E-state index in [2.05, 4.69) is 6.58 Å². The van der Waals surface area contributed by atoms with Gasteiger partial charge >= 0.3 is 0 Å². The van der Waals surface area contributed by atoms with Crippen molar-refractivity contribution in [3.8, 4) is 0 Å². The van der Waals surface area contributed by atoms with Crippen molar-refractivity contribution in [3.63, 3.8) is 0 Å². The van der Waals surface area contributed by atoms with Crippen molar-refractivity contribution in [2.24, 2.45) is 0 Å². The lowest BCUT2D eigenvalue weighted by molar-refractivity contribution is -0.0459. The summed E-state index contributed by atoms with van der Waals surface area (Å²) in [6, 6.07) is 0. The van der Waals surface area contributed by atoms with Gasteiger partial charge in [0.1, 0.15) is 5.60 Å². The first kappa shape index (κ1) is 7.51. The van der Waals surface area contributed by atoms with Gasteiger partial charge in [-0.3, -0.25) is 0 Å². The summed E-state index contributed by atoms with van der Waals surface area (Å²) in [5, 5.41) is 9.62. The standard InChI is InChI=1S/C8H12O2/c1-3-8(9)5-4-6-10-7(8)2/h3-5,7,9H,1,6H2,2H3/t7-,8-/m1/s1. The van der Waals surface area contributed by atoms with Gasteiger partial charge in [-0.25, -0.2) is 0 Å². The summed E-state index contributed by atoms with van der Waals surface area (Å²) in [5.74, 6) is 0. The molecule has 0 aromatic heterocycles. The van der Waals surface area contributed by atoms with Crippen molar-refractivity contribution in [1.82, 2.24) is 0 Å². The monoisotopic (exact) mass is 140 g/mol. The molecule has 0 unspecified atom stereocenters. The van der Waals surface area contributed by atoms with Gasteiger partial charge in [-0.15, -0.1) is 0 Å². The molecule has 0 radical (unpaired) electrons. The van der Waals surface area contributed by atoms with Crippen LogP contribution in [0.1, 0.15) is 6.92 Å². The zero-order chi connectivity index (χ0) is 7.61. The Balaban J connectivity index is 2.80. The molecule has 0 aliphatic carbocycles. The molecule has 0 aromatic rings. The molecule has 1 aliphatic heterocycles. The van der Waals surface area contributed by atoms with Crippen LogP contribution < -0.4 is 0 Å². The van der Waals surface area contributed by atoms with Crippen LogP contribution in [0.5, 0.6) is 0 Å². The molecule has 0 bridgehead atoms. The van der Waals surface area contributed by atoms with Crippen molar-refractivity contribution in [3.05, 3.63) is 24.8 Å². The quantitative estimate of drug-likeness (QED) is 0.548. The summed E-state index contributed by atoms with van der Waals surface area (Å²) >= 11 is 0. The average Bonchev–Trinajstić information content (AvgIpc) is 1.96. The molecule has 0 aromatic carbocycles. The molecule has 0 saturated heterocycles. The molecule has 1 rings (SSSR count). The maximum Gasteiger partial charge on any atom is 0.126 e. The molecule has 2 nitrogen and oxygen atoms in total. The molecule has 0 amide bonds. The Morgan fingerprint density at radius 1 is 1.90 bits per heavy atom. The van der Waals surface area contributed by atoms with Gasteiger partial charge in [0.05, 0.1) is 12.7 Å². The molecule has 2 heteroatoms. The second-order valence-electron chi connectivity index (χ2n) is 2.47. The third kappa shape index (κ3) is 1.13. The van der Waals surface area contributed by atoms with Crippen LogP contribution in [0.2, 0.25) is 0 Å². The van der Waals surface area contributed by atoms with Gasteiger partial charge in [-0.1, -0.05) is 18.7 Å². The van der Waals surface area contributed by atoms with Crippen LogP contribution in [0.25, 0.3) is 0 Å². The highest BCUT2D eigenvalue weighted by molar-refractivity contribution is 5.16. The van der Waals surface area contributed by atoms with Crippen molar-refractivity contribution in [1.29, 1.82) is 0 Å². The predicted molar refractivity (Wildman–Crippen MR) is 39.7 cm³/mol. The van der Waals surface area contributed by atoms with Crippen LogP contribution >= 0.6 is 0 Å². The van der Waals surface area contributed by atoms with Gasteiger partial charge in [0.2, 0.25) is 0 Å². The Labute approximate surface area is 60.8 Å². The lowest BCUT2D eigenvalue weighted by Gasteiger charge is -2.30. The first-order chi connectivity index (χ1) is 4.69. The summed E-state index contributed by atoms with van der Waals surface area (Å²) in [7, 11) is 0. The van der Waals surface area contributed by atoms with Crippen LogP contribution in [-0.2, 0) is 4.74 Å². The van der Waals surface area contributed by atoms with E-state index in [-0.39, 0.29) is 6.10 Å². The zero-order valence-corrected chi connectivity index (χ0v) is 6.08. The SMILES string of the molecule is C=C[C@@]1(O)C=CCO[C@@H]1C. The highest BCUT2D eigenvalue weighted by Gasteiger charge is 2.29. The predicted octanol–water partition coefficient (Wildman–Crippen LogP) is 0.878. The maximum atomic E-state index is 9.62. The normalized spacial score (nSPS) is 39.6. The molecule has 1 aliphatic rings. The molecule has 1 N–H and O–H groups in total. The highest BCUT2D eigenvalue weighted by atomic mass is 16.5. The van der Waals surface area contributed by atoms with Crippen LogP contribution in [0.3, 0.4) is 0 Å². The van der Waals surface area contributed by atoms with Crippen molar-refractivity contribution in [2.45, 2.75) is 18.6 Å². The fraction of sp³-hybridized carbons (Fsp3) is 0.500. The number of aliphatic hydroxyl groups is 1. The fourth-order valence-corrected chi connectivity index (χ4v) is 0.940. The van der Waals surface area contributed by atoms with Crippen LogP contribution in [0.4, 0.5) is 0 Å². The van der Waals surface area contributed by atoms with Crippen molar-refractivity contribution >= 4 is 0 Å². The first-order valence-corrected chi connectivity index (χ1v) is 3.34. The van der Waals surface area contributed by atoms with Gasteiger partial charge in [-0.05, 0) is 13.0 Å². The number of hydrogen-bond donors (Lipinski definition) is 1. The van der Waals surface area contributed by atoms with Gasteiger partial charge in [0.25, 0.3) is 0 Å². The molecule has 0 spiro atoms. The summed E-state index contributed by atoms with van der Waals surface area (Å²) < 4.78 is 5.18. The fourth-order valence-electron chi connectivity index (χ4n) is 0.940. The lowest BCUT2D eigenvalue weighted by Crippen LogP contribution is -2.40. The Hall–Kier alpha value is -0.600. The van der Waals surface area contributed by atoms with E-state index < -0.39 is 5.60 Å². The molecule has 2 atom stereocenters. The summed E-state index contributed by atoms with van der Waals surface area (Å²) in [5.41, 5.74) is -0.960. The minimum atomic E-state index is -0.960. The Bertz CT molecular complexity index is 163. The second kappa shape index (κ2) is 2.56. The minimum Gasteiger partial charge on any atom is -0.379 e. The number of ether oxygens (including phenoxy) is 1. The van der Waals surface area contributed by atoms with Gasteiger partial charge in [0.15, 0.2) is 0 Å². The second-order valence-corrected chi connectivity index (χ2v) is 2.47. The van der Waals surface area contributed by atoms with E-state index in [4.69, 9.17) is 4.74 Å². The molecule has 10 heavy (non-hydrogen) atoms. The minimum absolute atomic E-state index is 0.185.